The molecule has 1 aromatic carbocycles. The zero-order chi connectivity index (χ0) is 11.9. The van der Waals surface area contributed by atoms with Gasteiger partial charge in [0.2, 0.25) is 5.79 Å². The summed E-state index contributed by atoms with van der Waals surface area (Å²) in [6, 6.07) is 4.61. The minimum atomic E-state index is -2.43. The van der Waals surface area contributed by atoms with Crippen LogP contribution in [-0.2, 0) is 10.6 Å². The summed E-state index contributed by atoms with van der Waals surface area (Å²) in [6.07, 6.45) is 2.72. The molecule has 0 fully saturated rings. The van der Waals surface area contributed by atoms with Gasteiger partial charge in [0.1, 0.15) is 5.92 Å². The largest absolute Gasteiger partial charge is 0.481 e. The van der Waals surface area contributed by atoms with Crippen molar-refractivity contribution in [2.45, 2.75) is 5.79 Å². The summed E-state index contributed by atoms with van der Waals surface area (Å²) in [5, 5.41) is 28.6. The molecule has 0 heterocycles. The molecule has 16 heavy (non-hydrogen) atoms. The Morgan fingerprint density at radius 3 is 2.69 bits per heavy atom. The predicted octanol–water partition coefficient (Wildman–Crippen LogP) is 0.134. The van der Waals surface area contributed by atoms with Crippen LogP contribution in [0.4, 0.5) is 5.69 Å². The fraction of sp³-hybridized carbons (Fsp3) is 0.182. The molecule has 5 heteroatoms. The van der Waals surface area contributed by atoms with Crippen LogP contribution in [0.2, 0.25) is 0 Å². The SMILES string of the molecule is Nc1cccc2c1C=CC(C(=O)O)C2(O)O. The van der Waals surface area contributed by atoms with Gasteiger partial charge in [-0.15, -0.1) is 0 Å². The van der Waals surface area contributed by atoms with Crippen LogP contribution < -0.4 is 5.73 Å². The van der Waals surface area contributed by atoms with E-state index < -0.39 is 17.7 Å². The third-order valence-corrected chi connectivity index (χ3v) is 2.69. The molecule has 1 unspecified atom stereocenters. The third kappa shape index (κ3) is 1.37. The highest BCUT2D eigenvalue weighted by molar-refractivity contribution is 5.80. The number of fused-ring (bicyclic) bond motifs is 1. The van der Waals surface area contributed by atoms with Crippen LogP contribution in [0.25, 0.3) is 6.08 Å². The molecule has 1 atom stereocenters. The van der Waals surface area contributed by atoms with E-state index in [-0.39, 0.29) is 5.56 Å². The lowest BCUT2D eigenvalue weighted by molar-refractivity contribution is -0.208. The Morgan fingerprint density at radius 1 is 1.38 bits per heavy atom. The smallest absolute Gasteiger partial charge is 0.316 e. The minimum absolute atomic E-state index is 0.113. The van der Waals surface area contributed by atoms with Gasteiger partial charge in [-0.1, -0.05) is 24.3 Å². The molecule has 1 aromatic rings. The lowest BCUT2D eigenvalue weighted by atomic mass is 9.83. The minimum Gasteiger partial charge on any atom is -0.481 e. The van der Waals surface area contributed by atoms with E-state index in [0.717, 1.165) is 0 Å². The van der Waals surface area contributed by atoms with E-state index in [1.807, 2.05) is 0 Å². The molecule has 0 amide bonds. The Balaban J connectivity index is 2.63. The average molecular weight is 221 g/mol. The molecule has 0 aromatic heterocycles. The van der Waals surface area contributed by atoms with Crippen LogP contribution in [0, 0.1) is 5.92 Å². The van der Waals surface area contributed by atoms with Crippen molar-refractivity contribution < 1.29 is 20.1 Å². The van der Waals surface area contributed by atoms with Gasteiger partial charge >= 0.3 is 5.97 Å². The van der Waals surface area contributed by atoms with Crippen LogP contribution >= 0.6 is 0 Å². The highest BCUT2D eigenvalue weighted by Gasteiger charge is 2.43. The van der Waals surface area contributed by atoms with Crippen molar-refractivity contribution in [2.75, 3.05) is 5.73 Å². The summed E-state index contributed by atoms with van der Waals surface area (Å²) in [4.78, 5) is 10.9. The summed E-state index contributed by atoms with van der Waals surface area (Å²) >= 11 is 0. The number of aliphatic carboxylic acids is 1. The van der Waals surface area contributed by atoms with Gasteiger partial charge in [-0.25, -0.2) is 0 Å². The molecule has 5 nitrogen and oxygen atoms in total. The second-order valence-electron chi connectivity index (χ2n) is 3.71. The Labute approximate surface area is 91.4 Å². The second-order valence-corrected chi connectivity index (χ2v) is 3.71. The van der Waals surface area contributed by atoms with E-state index in [9.17, 15) is 15.0 Å². The molecule has 0 saturated carbocycles. The lowest BCUT2D eigenvalue weighted by Crippen LogP contribution is -2.40. The van der Waals surface area contributed by atoms with Crippen LogP contribution in [-0.4, -0.2) is 21.3 Å². The predicted molar refractivity (Wildman–Crippen MR) is 57.1 cm³/mol. The molecule has 1 aliphatic rings. The summed E-state index contributed by atoms with van der Waals surface area (Å²) in [6.45, 7) is 0. The maximum Gasteiger partial charge on any atom is 0.316 e. The fourth-order valence-electron chi connectivity index (χ4n) is 1.84. The van der Waals surface area contributed by atoms with E-state index in [2.05, 4.69) is 0 Å². The highest BCUT2D eigenvalue weighted by Crippen LogP contribution is 2.37. The number of carbonyl (C=O) groups is 1. The van der Waals surface area contributed by atoms with Crippen LogP contribution in [0.5, 0.6) is 0 Å². The Kier molecular flexibility index (Phi) is 2.22. The molecule has 0 aliphatic heterocycles. The zero-order valence-electron chi connectivity index (χ0n) is 8.29. The molecular weight excluding hydrogens is 210 g/mol. The number of hydrogen-bond donors (Lipinski definition) is 4. The number of anilines is 1. The number of aliphatic hydroxyl groups is 2. The molecule has 1 aliphatic carbocycles. The van der Waals surface area contributed by atoms with Gasteiger partial charge in [0, 0.05) is 16.8 Å². The third-order valence-electron chi connectivity index (χ3n) is 2.69. The van der Waals surface area contributed by atoms with Crippen molar-refractivity contribution in [2.24, 2.45) is 5.92 Å². The molecule has 0 radical (unpaired) electrons. The first kappa shape index (κ1) is 10.7. The maximum absolute atomic E-state index is 10.9. The van der Waals surface area contributed by atoms with Crippen molar-refractivity contribution in [3.05, 3.63) is 35.4 Å². The molecule has 84 valence electrons. The van der Waals surface area contributed by atoms with Gasteiger partial charge in [-0.2, -0.15) is 0 Å². The van der Waals surface area contributed by atoms with Gasteiger partial charge in [0.25, 0.3) is 0 Å². The first-order chi connectivity index (χ1) is 7.44. The lowest BCUT2D eigenvalue weighted by Gasteiger charge is -2.31. The Bertz CT molecular complexity index is 479. The first-order valence-corrected chi connectivity index (χ1v) is 4.69. The summed E-state index contributed by atoms with van der Waals surface area (Å²) in [5.41, 5.74) is 6.61. The molecular formula is C11H11NO4. The Morgan fingerprint density at radius 2 is 2.06 bits per heavy atom. The van der Waals surface area contributed by atoms with Gasteiger partial charge in [0.15, 0.2) is 0 Å². The van der Waals surface area contributed by atoms with Crippen LogP contribution in [0.15, 0.2) is 24.3 Å². The number of carboxylic acids is 1. The van der Waals surface area contributed by atoms with Gasteiger partial charge in [0.05, 0.1) is 0 Å². The number of hydrogen-bond acceptors (Lipinski definition) is 4. The van der Waals surface area contributed by atoms with E-state index in [0.29, 0.717) is 11.3 Å². The number of nitrogen functional groups attached to an aromatic ring is 1. The van der Waals surface area contributed by atoms with Crippen molar-refractivity contribution in [1.29, 1.82) is 0 Å². The van der Waals surface area contributed by atoms with E-state index in [1.54, 1.807) is 12.1 Å². The standard InChI is InChI=1S/C11H11NO4/c12-9-3-1-2-7-6(9)4-5-8(10(13)14)11(7,15)16/h1-5,8,15-16H,12H2,(H,13,14). The highest BCUT2D eigenvalue weighted by atomic mass is 16.5. The monoisotopic (exact) mass is 221 g/mol. The van der Waals surface area contributed by atoms with Crippen molar-refractivity contribution in [3.8, 4) is 0 Å². The number of nitrogens with two attached hydrogens (primary N) is 1. The summed E-state index contributed by atoms with van der Waals surface area (Å²) in [7, 11) is 0. The maximum atomic E-state index is 10.9. The van der Waals surface area contributed by atoms with Crippen molar-refractivity contribution >= 4 is 17.7 Å². The molecule has 0 spiro atoms. The number of carboxylic acid groups (broad SMARTS) is 1. The topological polar surface area (TPSA) is 104 Å². The van der Waals surface area contributed by atoms with E-state index in [1.165, 1.54) is 18.2 Å². The molecule has 2 rings (SSSR count). The Hall–Kier alpha value is -1.85. The molecule has 5 N–H and O–H groups in total. The molecule has 0 bridgehead atoms. The summed E-state index contributed by atoms with van der Waals surface area (Å²) < 4.78 is 0. The van der Waals surface area contributed by atoms with Gasteiger partial charge in [-0.3, -0.25) is 4.79 Å². The normalized spacial score (nSPS) is 21.5. The van der Waals surface area contributed by atoms with Gasteiger partial charge in [-0.05, 0) is 6.07 Å². The summed E-state index contributed by atoms with van der Waals surface area (Å²) in [5.74, 6) is -5.11. The van der Waals surface area contributed by atoms with Gasteiger partial charge < -0.3 is 21.1 Å². The number of benzene rings is 1. The van der Waals surface area contributed by atoms with E-state index >= 15 is 0 Å². The first-order valence-electron chi connectivity index (χ1n) is 4.69. The zero-order valence-corrected chi connectivity index (χ0v) is 8.29. The van der Waals surface area contributed by atoms with Crippen LogP contribution in [0.1, 0.15) is 11.1 Å². The number of rotatable bonds is 1. The molecule has 0 saturated heterocycles. The van der Waals surface area contributed by atoms with Crippen molar-refractivity contribution in [1.82, 2.24) is 0 Å². The quantitative estimate of drug-likeness (QED) is 0.398. The van der Waals surface area contributed by atoms with Crippen LogP contribution in [0.3, 0.4) is 0 Å². The van der Waals surface area contributed by atoms with Crippen molar-refractivity contribution in [3.63, 3.8) is 0 Å². The second kappa shape index (κ2) is 3.33. The van der Waals surface area contributed by atoms with E-state index in [4.69, 9.17) is 10.8 Å². The average Bonchev–Trinajstić information content (AvgIpc) is 2.18. The fourth-order valence-corrected chi connectivity index (χ4v) is 1.84.